The van der Waals surface area contributed by atoms with E-state index in [9.17, 15) is 9.59 Å². The van der Waals surface area contributed by atoms with Crippen LogP contribution in [0.3, 0.4) is 0 Å². The van der Waals surface area contributed by atoms with Crippen LogP contribution in [0.15, 0.2) is 0 Å². The van der Waals surface area contributed by atoms with Crippen LogP contribution in [0.4, 0.5) is 0 Å². The highest BCUT2D eigenvalue weighted by Crippen LogP contribution is 2.09. The lowest BCUT2D eigenvalue weighted by Gasteiger charge is -2.12. The van der Waals surface area contributed by atoms with Gasteiger partial charge in [-0.3, -0.25) is 14.5 Å². The zero-order chi connectivity index (χ0) is 11.4. The summed E-state index contributed by atoms with van der Waals surface area (Å²) in [4.78, 5) is 23.8. The predicted molar refractivity (Wildman–Crippen MR) is 55.3 cm³/mol. The fourth-order valence-electron chi connectivity index (χ4n) is 1.44. The Morgan fingerprint density at radius 2 is 2.20 bits per heavy atom. The van der Waals surface area contributed by atoms with Gasteiger partial charge in [-0.15, -0.1) is 0 Å². The van der Waals surface area contributed by atoms with E-state index in [0.29, 0.717) is 13.2 Å². The normalized spacial score (nSPS) is 21.9. The first-order valence-electron chi connectivity index (χ1n) is 5.17. The van der Waals surface area contributed by atoms with Crippen LogP contribution in [-0.2, 0) is 14.3 Å². The number of ether oxygens (including phenoxy) is 1. The average molecular weight is 214 g/mol. The van der Waals surface area contributed by atoms with Crippen molar-refractivity contribution in [3.05, 3.63) is 0 Å². The minimum absolute atomic E-state index is 0.123. The van der Waals surface area contributed by atoms with E-state index in [2.05, 4.69) is 5.32 Å². The molecule has 1 heterocycles. The van der Waals surface area contributed by atoms with Crippen molar-refractivity contribution in [1.82, 2.24) is 10.2 Å². The van der Waals surface area contributed by atoms with Crippen LogP contribution in [-0.4, -0.2) is 49.1 Å². The summed E-state index contributed by atoms with van der Waals surface area (Å²) in [6.07, 6.45) is 0.451. The van der Waals surface area contributed by atoms with Crippen molar-refractivity contribution < 1.29 is 14.3 Å². The number of hydrogen-bond donors (Lipinski definition) is 1. The number of likely N-dealkylation sites (tertiary alicyclic amines) is 1. The molecular weight excluding hydrogens is 196 g/mol. The highest BCUT2D eigenvalue weighted by molar-refractivity contribution is 6.05. The van der Waals surface area contributed by atoms with Crippen molar-refractivity contribution in [2.75, 3.05) is 20.2 Å². The number of carbonyl (C=O) groups is 2. The van der Waals surface area contributed by atoms with Gasteiger partial charge in [-0.1, -0.05) is 0 Å². The molecule has 1 rings (SSSR count). The van der Waals surface area contributed by atoms with Crippen molar-refractivity contribution in [2.24, 2.45) is 0 Å². The third kappa shape index (κ3) is 3.28. The molecular formula is C10H18N2O3. The molecule has 0 spiro atoms. The lowest BCUT2D eigenvalue weighted by atomic mass is 10.2. The number of amides is 2. The zero-order valence-electron chi connectivity index (χ0n) is 9.45. The first-order valence-corrected chi connectivity index (χ1v) is 5.17. The minimum atomic E-state index is -0.363. The van der Waals surface area contributed by atoms with E-state index in [1.165, 1.54) is 11.9 Å². The second-order valence-electron chi connectivity index (χ2n) is 3.92. The molecule has 86 valence electrons. The van der Waals surface area contributed by atoms with E-state index in [1.807, 2.05) is 13.8 Å². The van der Waals surface area contributed by atoms with Gasteiger partial charge in [-0.25, -0.2) is 0 Å². The number of likely N-dealkylation sites (N-methyl/N-ethyl adjacent to an activating group) is 1. The van der Waals surface area contributed by atoms with E-state index < -0.39 is 0 Å². The fourth-order valence-corrected chi connectivity index (χ4v) is 1.44. The van der Waals surface area contributed by atoms with Gasteiger partial charge >= 0.3 is 0 Å². The summed E-state index contributed by atoms with van der Waals surface area (Å²) in [6, 6.07) is -0.363. The Hall–Kier alpha value is -0.940. The molecule has 5 heteroatoms. The second kappa shape index (κ2) is 5.23. The van der Waals surface area contributed by atoms with Crippen LogP contribution < -0.4 is 5.32 Å². The van der Waals surface area contributed by atoms with Crippen molar-refractivity contribution in [3.8, 4) is 0 Å². The summed E-state index contributed by atoms with van der Waals surface area (Å²) in [7, 11) is 1.51. The van der Waals surface area contributed by atoms with E-state index >= 15 is 0 Å². The highest BCUT2D eigenvalue weighted by atomic mass is 16.5. The zero-order valence-corrected chi connectivity index (χ0v) is 9.45. The van der Waals surface area contributed by atoms with Crippen LogP contribution in [0.5, 0.6) is 0 Å². The number of imide groups is 1. The Balaban J connectivity index is 2.23. The molecule has 1 atom stereocenters. The smallest absolute Gasteiger partial charge is 0.246 e. The Morgan fingerprint density at radius 3 is 2.67 bits per heavy atom. The predicted octanol–water partition coefficient (Wildman–Crippen LogP) is -0.242. The van der Waals surface area contributed by atoms with Crippen LogP contribution in [0.25, 0.3) is 0 Å². The maximum atomic E-state index is 11.4. The van der Waals surface area contributed by atoms with E-state index in [1.54, 1.807) is 0 Å². The molecule has 1 N–H and O–H groups in total. The molecule has 1 unspecified atom stereocenters. The standard InChI is InChI=1S/C10H18N2O3/c1-7(2)15-5-4-11-8-6-9(13)12(3)10(8)14/h7-8,11H,4-6H2,1-3H3. The first kappa shape index (κ1) is 12.1. The first-order chi connectivity index (χ1) is 7.02. The van der Waals surface area contributed by atoms with Crippen molar-refractivity contribution >= 4 is 11.8 Å². The SMILES string of the molecule is CC(C)OCCNC1CC(=O)N(C)C1=O. The Bertz CT molecular complexity index is 253. The quantitative estimate of drug-likeness (QED) is 0.507. The number of hydrogen-bond acceptors (Lipinski definition) is 4. The molecule has 0 radical (unpaired) electrons. The largest absolute Gasteiger partial charge is 0.377 e. The topological polar surface area (TPSA) is 58.6 Å². The van der Waals surface area contributed by atoms with Crippen LogP contribution >= 0.6 is 0 Å². The molecule has 1 aliphatic rings. The highest BCUT2D eigenvalue weighted by Gasteiger charge is 2.35. The van der Waals surface area contributed by atoms with Gasteiger partial charge < -0.3 is 10.1 Å². The Morgan fingerprint density at radius 1 is 1.53 bits per heavy atom. The monoisotopic (exact) mass is 214 g/mol. The summed E-state index contributed by atoms with van der Waals surface area (Å²) in [5.74, 6) is -0.271. The second-order valence-corrected chi connectivity index (χ2v) is 3.92. The summed E-state index contributed by atoms with van der Waals surface area (Å²) >= 11 is 0. The minimum Gasteiger partial charge on any atom is -0.377 e. The molecule has 0 aromatic carbocycles. The van der Waals surface area contributed by atoms with Gasteiger partial charge in [-0.2, -0.15) is 0 Å². The third-order valence-corrected chi connectivity index (χ3v) is 2.33. The van der Waals surface area contributed by atoms with Gasteiger partial charge in [0.15, 0.2) is 0 Å². The molecule has 0 aliphatic carbocycles. The number of nitrogens with zero attached hydrogens (tertiary/aromatic N) is 1. The fraction of sp³-hybridized carbons (Fsp3) is 0.800. The van der Waals surface area contributed by atoms with Gasteiger partial charge in [-0.05, 0) is 13.8 Å². The Kier molecular flexibility index (Phi) is 4.23. The van der Waals surface area contributed by atoms with Gasteiger partial charge in [0.1, 0.15) is 0 Å². The molecule has 15 heavy (non-hydrogen) atoms. The van der Waals surface area contributed by atoms with Gasteiger partial charge in [0.05, 0.1) is 25.2 Å². The van der Waals surface area contributed by atoms with Crippen molar-refractivity contribution in [3.63, 3.8) is 0 Å². The molecule has 0 saturated carbocycles. The maximum Gasteiger partial charge on any atom is 0.246 e. The van der Waals surface area contributed by atoms with E-state index in [4.69, 9.17) is 4.74 Å². The van der Waals surface area contributed by atoms with Crippen molar-refractivity contribution in [1.29, 1.82) is 0 Å². The molecule has 0 bridgehead atoms. The average Bonchev–Trinajstić information content (AvgIpc) is 2.41. The summed E-state index contributed by atoms with van der Waals surface area (Å²) in [5.41, 5.74) is 0. The number of carbonyl (C=O) groups excluding carboxylic acids is 2. The van der Waals surface area contributed by atoms with Crippen LogP contribution in [0, 0.1) is 0 Å². The van der Waals surface area contributed by atoms with Gasteiger partial charge in [0.2, 0.25) is 11.8 Å². The molecule has 0 aromatic heterocycles. The lowest BCUT2D eigenvalue weighted by molar-refractivity contribution is -0.137. The summed E-state index contributed by atoms with van der Waals surface area (Å²) in [6.45, 7) is 5.06. The number of nitrogens with one attached hydrogen (secondary N) is 1. The summed E-state index contributed by atoms with van der Waals surface area (Å²) < 4.78 is 5.32. The van der Waals surface area contributed by atoms with Gasteiger partial charge in [0, 0.05) is 13.6 Å². The molecule has 5 nitrogen and oxygen atoms in total. The molecule has 0 aromatic rings. The lowest BCUT2D eigenvalue weighted by Crippen LogP contribution is -2.38. The molecule has 1 saturated heterocycles. The molecule has 1 aliphatic heterocycles. The summed E-state index contributed by atoms with van der Waals surface area (Å²) in [5, 5.41) is 3.01. The van der Waals surface area contributed by atoms with Crippen LogP contribution in [0.1, 0.15) is 20.3 Å². The third-order valence-electron chi connectivity index (χ3n) is 2.33. The van der Waals surface area contributed by atoms with E-state index in [-0.39, 0.29) is 30.4 Å². The number of rotatable bonds is 5. The van der Waals surface area contributed by atoms with E-state index in [0.717, 1.165) is 0 Å². The van der Waals surface area contributed by atoms with Gasteiger partial charge in [0.25, 0.3) is 0 Å². The Labute approximate surface area is 89.8 Å². The molecule has 2 amide bonds. The maximum absolute atomic E-state index is 11.4. The van der Waals surface area contributed by atoms with Crippen molar-refractivity contribution in [2.45, 2.75) is 32.4 Å². The van der Waals surface area contributed by atoms with Crippen LogP contribution in [0.2, 0.25) is 0 Å². The molecule has 1 fully saturated rings.